The summed E-state index contributed by atoms with van der Waals surface area (Å²) in [7, 11) is 3.54. The lowest BCUT2D eigenvalue weighted by Crippen LogP contribution is -2.41. The fraction of sp³-hybridized carbons (Fsp3) is 0.889. The number of hydrogen-bond donors (Lipinski definition) is 2. The minimum absolute atomic E-state index is 0.0203. The summed E-state index contributed by atoms with van der Waals surface area (Å²) in [6.07, 6.45) is 3.28. The first-order valence-corrected chi connectivity index (χ1v) is 4.88. The molecule has 0 radical (unpaired) electrons. The molecule has 2 N–H and O–H groups in total. The molecule has 0 aromatic carbocycles. The first-order valence-electron chi connectivity index (χ1n) is 4.88. The zero-order valence-corrected chi connectivity index (χ0v) is 8.47. The number of carbonyl (C=O) groups is 1. The molecule has 0 aromatic heterocycles. The van der Waals surface area contributed by atoms with Crippen LogP contribution in [0.15, 0.2) is 0 Å². The van der Waals surface area contributed by atoms with Crippen molar-refractivity contribution in [2.24, 2.45) is 0 Å². The highest BCUT2D eigenvalue weighted by atomic mass is 16.2. The summed E-state index contributed by atoms with van der Waals surface area (Å²) >= 11 is 0. The Morgan fingerprint density at radius 1 is 1.38 bits per heavy atom. The number of nitrogens with one attached hydrogen (secondary N) is 2. The van der Waals surface area contributed by atoms with E-state index in [2.05, 4.69) is 10.6 Å². The van der Waals surface area contributed by atoms with Crippen molar-refractivity contribution < 1.29 is 4.79 Å². The summed E-state index contributed by atoms with van der Waals surface area (Å²) in [5.74, 6) is 0. The number of urea groups is 1. The Balaban J connectivity index is 2.29. The molecular weight excluding hydrogens is 166 g/mol. The third-order valence-corrected chi connectivity index (χ3v) is 2.31. The van der Waals surface area contributed by atoms with Crippen molar-refractivity contribution in [3.63, 3.8) is 0 Å². The van der Waals surface area contributed by atoms with E-state index in [9.17, 15) is 4.79 Å². The van der Waals surface area contributed by atoms with E-state index in [4.69, 9.17) is 0 Å². The van der Waals surface area contributed by atoms with Crippen molar-refractivity contribution in [2.75, 3.05) is 27.2 Å². The van der Waals surface area contributed by atoms with Gasteiger partial charge in [0.1, 0.15) is 0 Å². The van der Waals surface area contributed by atoms with Crippen LogP contribution in [0.4, 0.5) is 4.79 Å². The van der Waals surface area contributed by atoms with Gasteiger partial charge in [-0.3, -0.25) is 0 Å². The van der Waals surface area contributed by atoms with Gasteiger partial charge in [-0.1, -0.05) is 0 Å². The van der Waals surface area contributed by atoms with Crippen LogP contribution < -0.4 is 10.6 Å². The zero-order chi connectivity index (χ0) is 9.68. The average Bonchev–Trinajstić information content (AvgIpc) is 2.32. The lowest BCUT2D eigenvalue weighted by Gasteiger charge is -2.19. The molecule has 4 heteroatoms. The summed E-state index contributed by atoms with van der Waals surface area (Å²) in [4.78, 5) is 12.9. The molecule has 1 aliphatic rings. The Kier molecular flexibility index (Phi) is 4.02. The summed E-state index contributed by atoms with van der Waals surface area (Å²) in [6, 6.07) is 0.372. The molecular formula is C9H19N3O. The molecule has 0 aliphatic carbocycles. The maximum Gasteiger partial charge on any atom is 0.317 e. The van der Waals surface area contributed by atoms with Crippen LogP contribution in [0.2, 0.25) is 0 Å². The summed E-state index contributed by atoms with van der Waals surface area (Å²) in [5.41, 5.74) is 0. The molecule has 0 aromatic rings. The molecule has 1 unspecified atom stereocenters. The van der Waals surface area contributed by atoms with Gasteiger partial charge in [-0.2, -0.15) is 0 Å². The quantitative estimate of drug-likeness (QED) is 0.621. The van der Waals surface area contributed by atoms with Crippen LogP contribution in [0.1, 0.15) is 19.3 Å². The molecule has 1 saturated heterocycles. The third-order valence-electron chi connectivity index (χ3n) is 2.31. The van der Waals surface area contributed by atoms with E-state index in [1.165, 1.54) is 0 Å². The Hall–Kier alpha value is -0.770. The summed E-state index contributed by atoms with van der Waals surface area (Å²) < 4.78 is 0. The number of nitrogens with zero attached hydrogens (tertiary/aromatic N) is 1. The van der Waals surface area contributed by atoms with Gasteiger partial charge in [0.2, 0.25) is 0 Å². The molecule has 0 saturated carbocycles. The zero-order valence-electron chi connectivity index (χ0n) is 8.47. The van der Waals surface area contributed by atoms with Crippen LogP contribution in [0.3, 0.4) is 0 Å². The van der Waals surface area contributed by atoms with Crippen molar-refractivity contribution in [2.45, 2.75) is 25.3 Å². The van der Waals surface area contributed by atoms with Crippen LogP contribution in [0, 0.1) is 0 Å². The van der Waals surface area contributed by atoms with Crippen molar-refractivity contribution in [1.82, 2.24) is 15.5 Å². The van der Waals surface area contributed by atoms with Crippen molar-refractivity contribution in [3.05, 3.63) is 0 Å². The molecule has 1 atom stereocenters. The molecule has 1 aliphatic heterocycles. The SMILES string of the molecule is CN(C)C(=O)NC1CCCNCC1. The average molecular weight is 185 g/mol. The molecule has 0 spiro atoms. The monoisotopic (exact) mass is 185 g/mol. The summed E-state index contributed by atoms with van der Waals surface area (Å²) in [5, 5.41) is 6.32. The number of carbonyl (C=O) groups excluding carboxylic acids is 1. The van der Waals surface area contributed by atoms with Crippen molar-refractivity contribution in [3.8, 4) is 0 Å². The highest BCUT2D eigenvalue weighted by Crippen LogP contribution is 2.04. The van der Waals surface area contributed by atoms with E-state index in [0.717, 1.165) is 32.4 Å². The van der Waals surface area contributed by atoms with Gasteiger partial charge < -0.3 is 15.5 Å². The Morgan fingerprint density at radius 2 is 2.15 bits per heavy atom. The first-order chi connectivity index (χ1) is 6.20. The maximum atomic E-state index is 11.3. The van der Waals surface area contributed by atoms with E-state index in [-0.39, 0.29) is 6.03 Å². The van der Waals surface area contributed by atoms with E-state index < -0.39 is 0 Å². The normalized spacial score (nSPS) is 23.4. The van der Waals surface area contributed by atoms with Crippen LogP contribution in [-0.2, 0) is 0 Å². The van der Waals surface area contributed by atoms with Gasteiger partial charge >= 0.3 is 6.03 Å². The molecule has 4 nitrogen and oxygen atoms in total. The summed E-state index contributed by atoms with van der Waals surface area (Å²) in [6.45, 7) is 2.09. The van der Waals surface area contributed by atoms with Gasteiger partial charge in [-0.25, -0.2) is 4.79 Å². The van der Waals surface area contributed by atoms with E-state index >= 15 is 0 Å². The number of hydrogen-bond acceptors (Lipinski definition) is 2. The first kappa shape index (κ1) is 10.3. The van der Waals surface area contributed by atoms with Crippen LogP contribution >= 0.6 is 0 Å². The predicted molar refractivity (Wildman–Crippen MR) is 52.7 cm³/mol. The number of amides is 2. The van der Waals surface area contributed by atoms with E-state index in [0.29, 0.717) is 6.04 Å². The van der Waals surface area contributed by atoms with Crippen molar-refractivity contribution in [1.29, 1.82) is 0 Å². The smallest absolute Gasteiger partial charge is 0.317 e. The molecule has 1 rings (SSSR count). The highest BCUT2D eigenvalue weighted by Gasteiger charge is 2.14. The van der Waals surface area contributed by atoms with Crippen molar-refractivity contribution >= 4 is 6.03 Å². The Bertz CT molecular complexity index is 162. The largest absolute Gasteiger partial charge is 0.335 e. The molecule has 13 heavy (non-hydrogen) atoms. The lowest BCUT2D eigenvalue weighted by atomic mass is 10.1. The molecule has 2 amide bonds. The van der Waals surface area contributed by atoms with Gasteiger partial charge in [-0.05, 0) is 32.4 Å². The molecule has 0 bridgehead atoms. The van der Waals surface area contributed by atoms with Gasteiger partial charge in [0, 0.05) is 20.1 Å². The number of rotatable bonds is 1. The van der Waals surface area contributed by atoms with Gasteiger partial charge in [0.05, 0.1) is 0 Å². The van der Waals surface area contributed by atoms with Crippen LogP contribution in [-0.4, -0.2) is 44.2 Å². The lowest BCUT2D eigenvalue weighted by molar-refractivity contribution is 0.212. The van der Waals surface area contributed by atoms with Gasteiger partial charge in [-0.15, -0.1) is 0 Å². The Morgan fingerprint density at radius 3 is 2.85 bits per heavy atom. The molecule has 76 valence electrons. The van der Waals surface area contributed by atoms with Crippen LogP contribution in [0.5, 0.6) is 0 Å². The maximum absolute atomic E-state index is 11.3. The van der Waals surface area contributed by atoms with E-state index in [1.807, 2.05) is 0 Å². The second kappa shape index (κ2) is 5.07. The minimum Gasteiger partial charge on any atom is -0.335 e. The van der Waals surface area contributed by atoms with Gasteiger partial charge in [0.25, 0.3) is 0 Å². The predicted octanol–water partition coefficient (Wildman–Crippen LogP) is 0.400. The molecule has 1 fully saturated rings. The van der Waals surface area contributed by atoms with Gasteiger partial charge in [0.15, 0.2) is 0 Å². The minimum atomic E-state index is 0.0203. The highest BCUT2D eigenvalue weighted by molar-refractivity contribution is 5.73. The second-order valence-corrected chi connectivity index (χ2v) is 3.72. The molecule has 1 heterocycles. The Labute approximate surface area is 79.7 Å². The van der Waals surface area contributed by atoms with E-state index in [1.54, 1.807) is 19.0 Å². The second-order valence-electron chi connectivity index (χ2n) is 3.72. The third kappa shape index (κ3) is 3.63. The van der Waals surface area contributed by atoms with Crippen LogP contribution in [0.25, 0.3) is 0 Å². The topological polar surface area (TPSA) is 44.4 Å². The standard InChI is InChI=1S/C9H19N3O/c1-12(2)9(13)11-8-4-3-6-10-7-5-8/h8,10H,3-7H2,1-2H3,(H,11,13). The fourth-order valence-corrected chi connectivity index (χ4v) is 1.47. The fourth-order valence-electron chi connectivity index (χ4n) is 1.47.